The van der Waals surface area contributed by atoms with Crippen LogP contribution in [0.4, 0.5) is 5.82 Å². The van der Waals surface area contributed by atoms with Crippen LogP contribution in [0, 0.1) is 0 Å². The zero-order chi connectivity index (χ0) is 19.3. The minimum absolute atomic E-state index is 0. The number of anilines is 1. The van der Waals surface area contributed by atoms with Crippen molar-refractivity contribution in [2.45, 2.75) is 52.5 Å². The van der Waals surface area contributed by atoms with Gasteiger partial charge < -0.3 is 20.4 Å². The molecule has 1 saturated heterocycles. The quantitative estimate of drug-likeness (QED) is 0.235. The minimum atomic E-state index is 0. The zero-order valence-corrected chi connectivity index (χ0v) is 20.2. The van der Waals surface area contributed by atoms with Crippen LogP contribution >= 0.6 is 24.0 Å². The van der Waals surface area contributed by atoms with Gasteiger partial charge in [-0.2, -0.15) is 0 Å². The molecular weight excluding hydrogens is 463 g/mol. The van der Waals surface area contributed by atoms with Crippen LogP contribution < -0.4 is 15.5 Å². The number of pyridine rings is 1. The first-order valence-corrected chi connectivity index (χ1v) is 10.6. The van der Waals surface area contributed by atoms with Crippen LogP contribution in [0.15, 0.2) is 23.3 Å². The first kappa shape index (κ1) is 24.9. The maximum atomic E-state index is 4.58. The summed E-state index contributed by atoms with van der Waals surface area (Å²) in [7, 11) is 1.83. The van der Waals surface area contributed by atoms with Gasteiger partial charge in [0.2, 0.25) is 0 Å². The van der Waals surface area contributed by atoms with Gasteiger partial charge in [0, 0.05) is 39.4 Å². The molecule has 7 heteroatoms. The lowest BCUT2D eigenvalue weighted by Gasteiger charge is -2.20. The normalized spacial score (nSPS) is 15.5. The molecule has 0 atom stereocenters. The van der Waals surface area contributed by atoms with Crippen molar-refractivity contribution in [1.82, 2.24) is 20.5 Å². The Hall–Kier alpha value is -1.09. The Labute approximate surface area is 188 Å². The molecule has 1 aromatic heterocycles. The molecule has 1 fully saturated rings. The van der Waals surface area contributed by atoms with E-state index in [1.807, 2.05) is 13.2 Å². The number of guanidine groups is 1. The van der Waals surface area contributed by atoms with E-state index in [1.54, 1.807) is 0 Å². The van der Waals surface area contributed by atoms with Gasteiger partial charge in [0.15, 0.2) is 5.96 Å². The zero-order valence-electron chi connectivity index (χ0n) is 17.9. The van der Waals surface area contributed by atoms with Crippen LogP contribution in [-0.4, -0.2) is 62.2 Å². The SMILES string of the molecule is CCN(CC)c1ccc(CNC(=NC)NCCCN2CCCCCC2)cn1.I. The highest BCUT2D eigenvalue weighted by molar-refractivity contribution is 14.0. The smallest absolute Gasteiger partial charge is 0.191 e. The summed E-state index contributed by atoms with van der Waals surface area (Å²) < 4.78 is 0. The molecule has 0 radical (unpaired) electrons. The van der Waals surface area contributed by atoms with E-state index in [0.29, 0.717) is 0 Å². The van der Waals surface area contributed by atoms with Crippen molar-refractivity contribution >= 4 is 35.8 Å². The molecule has 0 amide bonds. The first-order chi connectivity index (χ1) is 13.3. The molecule has 0 spiro atoms. The molecule has 160 valence electrons. The lowest BCUT2D eigenvalue weighted by molar-refractivity contribution is 0.282. The van der Waals surface area contributed by atoms with Gasteiger partial charge in [-0.05, 0) is 64.4 Å². The molecule has 1 aromatic rings. The lowest BCUT2D eigenvalue weighted by atomic mass is 10.2. The number of nitrogens with zero attached hydrogens (tertiary/aromatic N) is 4. The number of aliphatic imine (C=N–C) groups is 1. The molecule has 1 aliphatic rings. The molecule has 2 heterocycles. The number of halogens is 1. The van der Waals surface area contributed by atoms with Crippen LogP contribution in [0.3, 0.4) is 0 Å². The van der Waals surface area contributed by atoms with Gasteiger partial charge in [-0.15, -0.1) is 24.0 Å². The van der Waals surface area contributed by atoms with Crippen molar-refractivity contribution in [1.29, 1.82) is 0 Å². The summed E-state index contributed by atoms with van der Waals surface area (Å²) in [5.41, 5.74) is 1.17. The Morgan fingerprint density at radius 1 is 1.11 bits per heavy atom. The molecule has 6 nitrogen and oxygen atoms in total. The van der Waals surface area contributed by atoms with E-state index < -0.39 is 0 Å². The molecule has 0 unspecified atom stereocenters. The number of rotatable bonds is 9. The highest BCUT2D eigenvalue weighted by Crippen LogP contribution is 2.11. The summed E-state index contributed by atoms with van der Waals surface area (Å²) in [6, 6.07) is 4.24. The largest absolute Gasteiger partial charge is 0.357 e. The third-order valence-corrected chi connectivity index (χ3v) is 5.22. The predicted octanol–water partition coefficient (Wildman–Crippen LogP) is 3.48. The van der Waals surface area contributed by atoms with Crippen LogP contribution in [0.1, 0.15) is 51.5 Å². The van der Waals surface area contributed by atoms with Gasteiger partial charge >= 0.3 is 0 Å². The highest BCUT2D eigenvalue weighted by Gasteiger charge is 2.08. The highest BCUT2D eigenvalue weighted by atomic mass is 127. The van der Waals surface area contributed by atoms with Crippen molar-refractivity contribution in [2.24, 2.45) is 4.99 Å². The number of likely N-dealkylation sites (tertiary alicyclic amines) is 1. The average Bonchev–Trinajstić information content (AvgIpc) is 2.98. The first-order valence-electron chi connectivity index (χ1n) is 10.6. The van der Waals surface area contributed by atoms with E-state index in [1.165, 1.54) is 50.9 Å². The number of hydrogen-bond acceptors (Lipinski definition) is 4. The van der Waals surface area contributed by atoms with E-state index in [0.717, 1.165) is 44.4 Å². The fourth-order valence-electron chi connectivity index (χ4n) is 3.53. The third kappa shape index (κ3) is 8.94. The van der Waals surface area contributed by atoms with Gasteiger partial charge in [-0.3, -0.25) is 4.99 Å². The van der Waals surface area contributed by atoms with Crippen molar-refractivity contribution < 1.29 is 0 Å². The van der Waals surface area contributed by atoms with Gasteiger partial charge in [0.05, 0.1) is 0 Å². The maximum absolute atomic E-state index is 4.58. The van der Waals surface area contributed by atoms with Crippen LogP contribution in [-0.2, 0) is 6.54 Å². The summed E-state index contributed by atoms with van der Waals surface area (Å²) in [5.74, 6) is 1.90. The summed E-state index contributed by atoms with van der Waals surface area (Å²) in [5, 5.41) is 6.81. The Kier molecular flexibility index (Phi) is 13.2. The number of aromatic nitrogens is 1. The summed E-state index contributed by atoms with van der Waals surface area (Å²) in [4.78, 5) is 13.8. The van der Waals surface area contributed by atoms with E-state index in [2.05, 4.69) is 56.4 Å². The minimum Gasteiger partial charge on any atom is -0.357 e. The fraction of sp³-hybridized carbons (Fsp3) is 0.714. The van der Waals surface area contributed by atoms with Gasteiger partial charge in [0.1, 0.15) is 5.82 Å². The Morgan fingerprint density at radius 3 is 2.39 bits per heavy atom. The standard InChI is InChI=1S/C21H38N6.HI/c1-4-27(5-2)20-12-11-19(17-24-20)18-25-21(22-3)23-13-10-16-26-14-8-6-7-9-15-26;/h11-12,17H,4-10,13-16,18H2,1-3H3,(H2,22,23,25);1H. The van der Waals surface area contributed by atoms with E-state index >= 15 is 0 Å². The summed E-state index contributed by atoms with van der Waals surface area (Å²) >= 11 is 0. The second kappa shape index (κ2) is 14.8. The third-order valence-electron chi connectivity index (χ3n) is 5.22. The second-order valence-corrected chi connectivity index (χ2v) is 7.16. The van der Waals surface area contributed by atoms with Crippen molar-refractivity contribution in [3.05, 3.63) is 23.9 Å². The fourth-order valence-corrected chi connectivity index (χ4v) is 3.53. The van der Waals surface area contributed by atoms with Gasteiger partial charge in [-0.1, -0.05) is 18.9 Å². The molecule has 0 aromatic carbocycles. The lowest BCUT2D eigenvalue weighted by Crippen LogP contribution is -2.38. The molecule has 28 heavy (non-hydrogen) atoms. The molecule has 1 aliphatic heterocycles. The molecule has 2 rings (SSSR count). The summed E-state index contributed by atoms with van der Waals surface area (Å²) in [6.07, 6.45) is 8.62. The van der Waals surface area contributed by atoms with Crippen molar-refractivity contribution in [3.63, 3.8) is 0 Å². The molecule has 0 aliphatic carbocycles. The Balaban J connectivity index is 0.00000392. The van der Waals surface area contributed by atoms with Crippen molar-refractivity contribution in [3.8, 4) is 0 Å². The Morgan fingerprint density at radius 2 is 1.82 bits per heavy atom. The van der Waals surface area contributed by atoms with Gasteiger partial charge in [0.25, 0.3) is 0 Å². The van der Waals surface area contributed by atoms with E-state index in [-0.39, 0.29) is 24.0 Å². The van der Waals surface area contributed by atoms with Crippen LogP contribution in [0.5, 0.6) is 0 Å². The molecular formula is C21H39IN6. The number of hydrogen-bond donors (Lipinski definition) is 2. The van der Waals surface area contributed by atoms with Crippen LogP contribution in [0.25, 0.3) is 0 Å². The van der Waals surface area contributed by atoms with Gasteiger partial charge in [-0.25, -0.2) is 4.98 Å². The monoisotopic (exact) mass is 502 g/mol. The molecule has 0 bridgehead atoms. The number of nitrogens with one attached hydrogen (secondary N) is 2. The van der Waals surface area contributed by atoms with E-state index in [9.17, 15) is 0 Å². The average molecular weight is 502 g/mol. The predicted molar refractivity (Wildman–Crippen MR) is 131 cm³/mol. The van der Waals surface area contributed by atoms with Crippen LogP contribution in [0.2, 0.25) is 0 Å². The molecule has 0 saturated carbocycles. The maximum Gasteiger partial charge on any atom is 0.191 e. The molecule has 2 N–H and O–H groups in total. The topological polar surface area (TPSA) is 55.8 Å². The second-order valence-electron chi connectivity index (χ2n) is 7.16. The van der Waals surface area contributed by atoms with Crippen molar-refractivity contribution in [2.75, 3.05) is 51.2 Å². The Bertz CT molecular complexity index is 536. The summed E-state index contributed by atoms with van der Waals surface area (Å²) in [6.45, 7) is 11.7. The van der Waals surface area contributed by atoms with E-state index in [4.69, 9.17) is 0 Å².